The Morgan fingerprint density at radius 1 is 1.00 bits per heavy atom. The van der Waals surface area contributed by atoms with Gasteiger partial charge in [0.15, 0.2) is 0 Å². The number of esters is 1. The number of rotatable bonds is 10. The molecule has 8 heteroatoms. The van der Waals surface area contributed by atoms with Gasteiger partial charge in [0, 0.05) is 36.4 Å². The van der Waals surface area contributed by atoms with E-state index in [1.54, 1.807) is 68.0 Å². The van der Waals surface area contributed by atoms with E-state index in [-0.39, 0.29) is 18.6 Å². The third kappa shape index (κ3) is 7.61. The van der Waals surface area contributed by atoms with E-state index in [0.29, 0.717) is 28.4 Å². The number of amides is 3. The molecule has 0 saturated heterocycles. The fraction of sp³-hybridized carbons (Fsp3) is 0.333. The SMILES string of the molecule is CC1=NC(=O)N(Cc2cccc(C(=O)N(C)CCCc3ccccc3)c2)C(c2cccc(Cl)c2)C1C(=O)OC(C)C. The molecule has 214 valence electrons. The van der Waals surface area contributed by atoms with E-state index in [2.05, 4.69) is 17.1 Å². The number of halogens is 1. The molecule has 0 N–H and O–H groups in total. The molecule has 0 bridgehead atoms. The minimum Gasteiger partial charge on any atom is -0.462 e. The van der Waals surface area contributed by atoms with E-state index >= 15 is 0 Å². The van der Waals surface area contributed by atoms with Gasteiger partial charge in [-0.1, -0.05) is 66.2 Å². The molecule has 3 aromatic rings. The van der Waals surface area contributed by atoms with Gasteiger partial charge in [0.25, 0.3) is 5.91 Å². The number of aryl methyl sites for hydroxylation is 1. The van der Waals surface area contributed by atoms with Crippen LogP contribution in [0.4, 0.5) is 4.79 Å². The van der Waals surface area contributed by atoms with Crippen LogP contribution in [0.2, 0.25) is 5.02 Å². The van der Waals surface area contributed by atoms with Crippen molar-refractivity contribution in [1.82, 2.24) is 9.80 Å². The van der Waals surface area contributed by atoms with E-state index in [4.69, 9.17) is 16.3 Å². The fourth-order valence-corrected chi connectivity index (χ4v) is 5.33. The zero-order valence-corrected chi connectivity index (χ0v) is 24.7. The predicted octanol–water partition coefficient (Wildman–Crippen LogP) is 6.75. The number of nitrogens with zero attached hydrogens (tertiary/aromatic N) is 3. The number of aliphatic imine (C=N–C) groups is 1. The Morgan fingerprint density at radius 2 is 1.71 bits per heavy atom. The highest BCUT2D eigenvalue weighted by atomic mass is 35.5. The molecule has 1 aliphatic rings. The van der Waals surface area contributed by atoms with Gasteiger partial charge in [-0.05, 0) is 74.6 Å². The number of benzene rings is 3. The second-order valence-corrected chi connectivity index (χ2v) is 11.1. The van der Waals surface area contributed by atoms with Gasteiger partial charge >= 0.3 is 12.0 Å². The van der Waals surface area contributed by atoms with Crippen LogP contribution >= 0.6 is 11.6 Å². The van der Waals surface area contributed by atoms with Crippen LogP contribution in [-0.4, -0.2) is 53.1 Å². The molecule has 3 aromatic carbocycles. The van der Waals surface area contributed by atoms with E-state index in [1.807, 2.05) is 36.4 Å². The van der Waals surface area contributed by atoms with Crippen LogP contribution in [0.1, 0.15) is 60.3 Å². The third-order valence-electron chi connectivity index (χ3n) is 7.09. The molecule has 0 fully saturated rings. The number of hydrogen-bond acceptors (Lipinski definition) is 4. The molecule has 4 rings (SSSR count). The Hall–Kier alpha value is -3.97. The highest BCUT2D eigenvalue weighted by molar-refractivity contribution is 6.30. The summed E-state index contributed by atoms with van der Waals surface area (Å²) in [5.74, 6) is -1.34. The zero-order valence-electron chi connectivity index (χ0n) is 23.9. The average Bonchev–Trinajstić information content (AvgIpc) is 2.94. The highest BCUT2D eigenvalue weighted by Crippen LogP contribution is 2.37. The van der Waals surface area contributed by atoms with Gasteiger partial charge in [-0.2, -0.15) is 0 Å². The minimum absolute atomic E-state index is 0.0940. The van der Waals surface area contributed by atoms with Crippen molar-refractivity contribution in [3.63, 3.8) is 0 Å². The van der Waals surface area contributed by atoms with Gasteiger partial charge in [0.1, 0.15) is 5.92 Å². The monoisotopic (exact) mass is 573 g/mol. The number of hydrogen-bond donors (Lipinski definition) is 0. The van der Waals surface area contributed by atoms with Gasteiger partial charge in [0.05, 0.1) is 12.1 Å². The van der Waals surface area contributed by atoms with Crippen LogP contribution < -0.4 is 0 Å². The summed E-state index contributed by atoms with van der Waals surface area (Å²) in [5, 5.41) is 0.494. The van der Waals surface area contributed by atoms with Crippen molar-refractivity contribution in [2.45, 2.75) is 52.3 Å². The molecular weight excluding hydrogens is 538 g/mol. The van der Waals surface area contributed by atoms with Crippen molar-refractivity contribution in [1.29, 1.82) is 0 Å². The van der Waals surface area contributed by atoms with Crippen LogP contribution in [0, 0.1) is 5.92 Å². The zero-order chi connectivity index (χ0) is 29.5. The Bertz CT molecular complexity index is 1420. The third-order valence-corrected chi connectivity index (χ3v) is 7.33. The van der Waals surface area contributed by atoms with Crippen molar-refractivity contribution in [2.75, 3.05) is 13.6 Å². The molecule has 7 nitrogen and oxygen atoms in total. The predicted molar refractivity (Wildman–Crippen MR) is 161 cm³/mol. The summed E-state index contributed by atoms with van der Waals surface area (Å²) in [6.07, 6.45) is 1.41. The maximum atomic E-state index is 13.3. The maximum absolute atomic E-state index is 13.3. The smallest absolute Gasteiger partial charge is 0.344 e. The molecule has 0 radical (unpaired) electrons. The summed E-state index contributed by atoms with van der Waals surface area (Å²) in [4.78, 5) is 47.3. The molecule has 0 spiro atoms. The largest absolute Gasteiger partial charge is 0.462 e. The molecule has 3 amide bonds. The van der Waals surface area contributed by atoms with Crippen molar-refractivity contribution < 1.29 is 19.1 Å². The second-order valence-electron chi connectivity index (χ2n) is 10.6. The van der Waals surface area contributed by atoms with Crippen molar-refractivity contribution in [3.05, 3.63) is 106 Å². The van der Waals surface area contributed by atoms with Crippen LogP contribution in [0.3, 0.4) is 0 Å². The lowest BCUT2D eigenvalue weighted by molar-refractivity contribution is -0.151. The first kappa shape index (κ1) is 30.0. The molecule has 2 atom stereocenters. The summed E-state index contributed by atoms with van der Waals surface area (Å²) in [5.41, 5.74) is 3.62. The summed E-state index contributed by atoms with van der Waals surface area (Å²) >= 11 is 6.32. The molecular formula is C33H36ClN3O4. The van der Waals surface area contributed by atoms with Crippen molar-refractivity contribution in [2.24, 2.45) is 10.9 Å². The number of carbonyl (C=O) groups excluding carboxylic acids is 3. The van der Waals surface area contributed by atoms with Gasteiger partial charge in [-0.3, -0.25) is 9.59 Å². The summed E-state index contributed by atoms with van der Waals surface area (Å²) < 4.78 is 5.57. The first-order valence-electron chi connectivity index (χ1n) is 13.8. The summed E-state index contributed by atoms with van der Waals surface area (Å²) in [6, 6.07) is 23.4. The average molecular weight is 574 g/mol. The standard InChI is InChI=1S/C33H36ClN3O4/c1-22(2)41-32(39)29-23(3)35-33(40)37(30(29)26-15-9-17-28(34)20-26)21-25-13-8-16-27(19-25)31(38)36(4)18-10-14-24-11-6-5-7-12-24/h5-9,11-13,15-17,19-20,22,29-30H,10,14,18,21H2,1-4H3. The Morgan fingerprint density at radius 3 is 2.41 bits per heavy atom. The number of ether oxygens (including phenoxy) is 1. The van der Waals surface area contributed by atoms with Crippen LogP contribution in [0.25, 0.3) is 0 Å². The quantitative estimate of drug-likeness (QED) is 0.251. The summed E-state index contributed by atoms with van der Waals surface area (Å²) in [7, 11) is 1.80. The van der Waals surface area contributed by atoms with Crippen LogP contribution in [0.5, 0.6) is 0 Å². The first-order valence-corrected chi connectivity index (χ1v) is 14.2. The van der Waals surface area contributed by atoms with Gasteiger partial charge in [0.2, 0.25) is 0 Å². The molecule has 2 unspecified atom stereocenters. The molecule has 0 saturated carbocycles. The summed E-state index contributed by atoms with van der Waals surface area (Å²) in [6.45, 7) is 6.01. The normalized spacial score (nSPS) is 16.9. The Balaban J connectivity index is 1.56. The number of carbonyl (C=O) groups is 3. The lowest BCUT2D eigenvalue weighted by Crippen LogP contribution is -2.47. The van der Waals surface area contributed by atoms with Crippen LogP contribution in [0.15, 0.2) is 83.9 Å². The molecule has 1 heterocycles. The number of urea groups is 1. The lowest BCUT2D eigenvalue weighted by atomic mass is 9.86. The molecule has 1 aliphatic heterocycles. The van der Waals surface area contributed by atoms with E-state index in [1.165, 1.54) is 5.56 Å². The molecule has 41 heavy (non-hydrogen) atoms. The topological polar surface area (TPSA) is 79.3 Å². The van der Waals surface area contributed by atoms with E-state index in [0.717, 1.165) is 18.4 Å². The minimum atomic E-state index is -0.797. The highest BCUT2D eigenvalue weighted by Gasteiger charge is 2.43. The van der Waals surface area contributed by atoms with E-state index in [9.17, 15) is 14.4 Å². The first-order chi connectivity index (χ1) is 19.6. The van der Waals surface area contributed by atoms with Crippen molar-refractivity contribution >= 4 is 35.2 Å². The van der Waals surface area contributed by atoms with E-state index < -0.39 is 24.0 Å². The van der Waals surface area contributed by atoms with Gasteiger partial charge in [-0.15, -0.1) is 0 Å². The fourth-order valence-electron chi connectivity index (χ4n) is 5.13. The molecule has 0 aromatic heterocycles. The Labute approximate surface area is 246 Å². The second kappa shape index (κ2) is 13.6. The van der Waals surface area contributed by atoms with Gasteiger partial charge < -0.3 is 14.5 Å². The lowest BCUT2D eigenvalue weighted by Gasteiger charge is -2.39. The van der Waals surface area contributed by atoms with Gasteiger partial charge in [-0.25, -0.2) is 9.79 Å². The molecule has 0 aliphatic carbocycles. The van der Waals surface area contributed by atoms with Crippen LogP contribution in [-0.2, 0) is 22.5 Å². The Kier molecular flexibility index (Phi) is 9.95. The van der Waals surface area contributed by atoms with Crippen molar-refractivity contribution in [3.8, 4) is 0 Å². The maximum Gasteiger partial charge on any atom is 0.344 e.